The van der Waals surface area contributed by atoms with Crippen LogP contribution in [0.15, 0.2) is 42.5 Å². The Labute approximate surface area is 162 Å². The van der Waals surface area contributed by atoms with E-state index in [1.54, 1.807) is 24.3 Å². The number of benzene rings is 2. The summed E-state index contributed by atoms with van der Waals surface area (Å²) in [5.74, 6) is 0.460. The molecular weight excluding hydrogens is 363 g/mol. The summed E-state index contributed by atoms with van der Waals surface area (Å²) < 4.78 is 24.2. The lowest BCUT2D eigenvalue weighted by Gasteiger charge is -2.16. The summed E-state index contributed by atoms with van der Waals surface area (Å²) in [6, 6.07) is 11.9. The van der Waals surface area contributed by atoms with Crippen LogP contribution in [0, 0.1) is 11.2 Å². The Balaban J connectivity index is 1.28. The summed E-state index contributed by atoms with van der Waals surface area (Å²) in [6.45, 7) is 0.790. The quantitative estimate of drug-likeness (QED) is 0.719. The number of halogens is 1. The van der Waals surface area contributed by atoms with Crippen LogP contribution >= 0.6 is 0 Å². The molecule has 7 heteroatoms. The predicted molar refractivity (Wildman–Crippen MR) is 99.2 cm³/mol. The van der Waals surface area contributed by atoms with Crippen LogP contribution in [0.1, 0.15) is 24.0 Å². The maximum absolute atomic E-state index is 13.6. The van der Waals surface area contributed by atoms with Crippen molar-refractivity contribution in [3.63, 3.8) is 0 Å². The number of carbonyl (C=O) groups is 2. The van der Waals surface area contributed by atoms with Crippen LogP contribution in [0.4, 0.5) is 4.39 Å². The first kappa shape index (κ1) is 18.3. The molecule has 2 aliphatic rings. The first-order chi connectivity index (χ1) is 13.6. The number of carbonyl (C=O) groups excluding carboxylic acids is 2. The fraction of sp³-hybridized carbons (Fsp3) is 0.333. The van der Waals surface area contributed by atoms with E-state index in [0.717, 1.165) is 5.56 Å². The van der Waals surface area contributed by atoms with Crippen molar-refractivity contribution >= 4 is 11.8 Å². The van der Waals surface area contributed by atoms with Gasteiger partial charge in [-0.25, -0.2) is 4.39 Å². The Kier molecular flexibility index (Phi) is 4.90. The number of ether oxygens (including phenoxy) is 2. The Morgan fingerprint density at radius 2 is 1.75 bits per heavy atom. The van der Waals surface area contributed by atoms with E-state index >= 15 is 0 Å². The van der Waals surface area contributed by atoms with Crippen LogP contribution < -0.4 is 20.1 Å². The molecule has 1 heterocycles. The largest absolute Gasteiger partial charge is 0.454 e. The van der Waals surface area contributed by atoms with Crippen molar-refractivity contribution < 1.29 is 23.5 Å². The van der Waals surface area contributed by atoms with Crippen molar-refractivity contribution in [2.24, 2.45) is 5.41 Å². The average molecular weight is 384 g/mol. The van der Waals surface area contributed by atoms with E-state index in [0.29, 0.717) is 42.9 Å². The summed E-state index contributed by atoms with van der Waals surface area (Å²) in [5, 5.41) is 5.61. The number of hydrogen-bond acceptors (Lipinski definition) is 4. The molecule has 1 saturated carbocycles. The van der Waals surface area contributed by atoms with Crippen molar-refractivity contribution in [1.29, 1.82) is 0 Å². The van der Waals surface area contributed by atoms with E-state index in [1.165, 1.54) is 6.07 Å². The van der Waals surface area contributed by atoms with Crippen molar-refractivity contribution in [1.82, 2.24) is 10.6 Å². The minimum absolute atomic E-state index is 0.196. The summed E-state index contributed by atoms with van der Waals surface area (Å²) in [5.41, 5.74) is 0.402. The van der Waals surface area contributed by atoms with Gasteiger partial charge in [-0.05, 0) is 48.6 Å². The van der Waals surface area contributed by atoms with Crippen molar-refractivity contribution in [3.05, 3.63) is 59.4 Å². The van der Waals surface area contributed by atoms with Gasteiger partial charge in [-0.2, -0.15) is 0 Å². The molecule has 2 aromatic rings. The highest BCUT2D eigenvalue weighted by Crippen LogP contribution is 2.46. The van der Waals surface area contributed by atoms with Gasteiger partial charge < -0.3 is 20.1 Å². The molecular formula is C21H21FN2O4. The molecule has 2 amide bonds. The lowest BCUT2D eigenvalue weighted by Crippen LogP contribution is -2.43. The van der Waals surface area contributed by atoms with Gasteiger partial charge in [-0.15, -0.1) is 0 Å². The Hall–Kier alpha value is -3.09. The smallest absolute Gasteiger partial charge is 0.235 e. The van der Waals surface area contributed by atoms with Crippen LogP contribution in [-0.4, -0.2) is 25.2 Å². The lowest BCUT2D eigenvalue weighted by atomic mass is 10.0. The zero-order valence-electron chi connectivity index (χ0n) is 15.3. The van der Waals surface area contributed by atoms with Crippen LogP contribution in [-0.2, 0) is 22.6 Å². The average Bonchev–Trinajstić information content (AvgIpc) is 3.39. The normalized spacial score (nSPS) is 15.8. The summed E-state index contributed by atoms with van der Waals surface area (Å²) in [7, 11) is 0. The van der Waals surface area contributed by atoms with Gasteiger partial charge in [-0.1, -0.05) is 24.3 Å². The Bertz CT molecular complexity index is 911. The predicted octanol–water partition coefficient (Wildman–Crippen LogP) is 2.31. The topological polar surface area (TPSA) is 76.7 Å². The van der Waals surface area contributed by atoms with E-state index in [9.17, 15) is 14.0 Å². The van der Waals surface area contributed by atoms with Crippen LogP contribution in [0.25, 0.3) is 0 Å². The summed E-state index contributed by atoms with van der Waals surface area (Å²) in [6.07, 6.45) is 1.42. The maximum atomic E-state index is 13.6. The maximum Gasteiger partial charge on any atom is 0.235 e. The standard InChI is InChI=1S/C21H21FN2O4/c22-16-4-2-1-3-15(16)7-10-23-19(25)21(8-9-21)20(26)24-12-14-5-6-17-18(11-14)28-13-27-17/h1-6,11H,7-10,12-13H2,(H,23,25)(H,24,26). The van der Waals surface area contributed by atoms with E-state index < -0.39 is 5.41 Å². The highest BCUT2D eigenvalue weighted by molar-refractivity contribution is 6.07. The molecule has 146 valence electrons. The molecule has 1 fully saturated rings. The molecule has 0 spiro atoms. The first-order valence-corrected chi connectivity index (χ1v) is 9.27. The molecule has 0 saturated heterocycles. The van der Waals surface area contributed by atoms with Gasteiger partial charge in [0.1, 0.15) is 11.2 Å². The van der Waals surface area contributed by atoms with Crippen LogP contribution in [0.2, 0.25) is 0 Å². The second kappa shape index (κ2) is 7.50. The number of hydrogen-bond donors (Lipinski definition) is 2. The summed E-state index contributed by atoms with van der Waals surface area (Å²) >= 11 is 0. The van der Waals surface area contributed by atoms with Crippen LogP contribution in [0.3, 0.4) is 0 Å². The third kappa shape index (κ3) is 3.65. The number of amides is 2. The van der Waals surface area contributed by atoms with Gasteiger partial charge in [-0.3, -0.25) is 9.59 Å². The van der Waals surface area contributed by atoms with Gasteiger partial charge in [0.2, 0.25) is 18.6 Å². The van der Waals surface area contributed by atoms with Crippen molar-refractivity contribution in [3.8, 4) is 11.5 Å². The van der Waals surface area contributed by atoms with E-state index in [4.69, 9.17) is 9.47 Å². The first-order valence-electron chi connectivity index (χ1n) is 9.27. The molecule has 2 aromatic carbocycles. The van der Waals surface area contributed by atoms with E-state index in [2.05, 4.69) is 10.6 Å². The number of rotatable bonds is 7. The Morgan fingerprint density at radius 1 is 1.00 bits per heavy atom. The highest BCUT2D eigenvalue weighted by atomic mass is 19.1. The monoisotopic (exact) mass is 384 g/mol. The van der Waals surface area contributed by atoms with Gasteiger partial charge in [0.25, 0.3) is 0 Å². The second-order valence-electron chi connectivity index (χ2n) is 7.05. The van der Waals surface area contributed by atoms with Gasteiger partial charge in [0.15, 0.2) is 11.5 Å². The molecule has 28 heavy (non-hydrogen) atoms. The lowest BCUT2D eigenvalue weighted by molar-refractivity contribution is -0.137. The van der Waals surface area contributed by atoms with Crippen molar-refractivity contribution in [2.45, 2.75) is 25.8 Å². The number of nitrogens with one attached hydrogen (secondary N) is 2. The van der Waals surface area contributed by atoms with Gasteiger partial charge in [0, 0.05) is 13.1 Å². The molecule has 0 atom stereocenters. The molecule has 0 aromatic heterocycles. The minimum Gasteiger partial charge on any atom is -0.454 e. The van der Waals surface area contributed by atoms with E-state index in [-0.39, 0.29) is 31.0 Å². The Morgan fingerprint density at radius 3 is 2.54 bits per heavy atom. The zero-order chi connectivity index (χ0) is 19.6. The molecule has 1 aliphatic heterocycles. The zero-order valence-corrected chi connectivity index (χ0v) is 15.3. The SMILES string of the molecule is O=C(NCCc1ccccc1F)C1(C(=O)NCc2ccc3c(c2)OCO3)CC1. The summed E-state index contributed by atoms with van der Waals surface area (Å²) in [4.78, 5) is 25.1. The van der Waals surface area contributed by atoms with E-state index in [1.807, 2.05) is 12.1 Å². The molecule has 0 unspecified atom stereocenters. The fourth-order valence-electron chi connectivity index (χ4n) is 3.27. The molecule has 1 aliphatic carbocycles. The fourth-order valence-corrected chi connectivity index (χ4v) is 3.27. The molecule has 4 rings (SSSR count). The molecule has 2 N–H and O–H groups in total. The second-order valence-corrected chi connectivity index (χ2v) is 7.05. The number of fused-ring (bicyclic) bond motifs is 1. The van der Waals surface area contributed by atoms with Crippen LogP contribution in [0.5, 0.6) is 11.5 Å². The molecule has 6 nitrogen and oxygen atoms in total. The van der Waals surface area contributed by atoms with Gasteiger partial charge in [0.05, 0.1) is 0 Å². The molecule has 0 radical (unpaired) electrons. The third-order valence-corrected chi connectivity index (χ3v) is 5.15. The highest BCUT2D eigenvalue weighted by Gasteiger charge is 2.56. The molecule has 0 bridgehead atoms. The minimum atomic E-state index is -1.01. The van der Waals surface area contributed by atoms with Gasteiger partial charge >= 0.3 is 0 Å². The van der Waals surface area contributed by atoms with Crippen molar-refractivity contribution in [2.75, 3.05) is 13.3 Å². The third-order valence-electron chi connectivity index (χ3n) is 5.15.